The van der Waals surface area contributed by atoms with E-state index in [2.05, 4.69) is 74.9 Å². The summed E-state index contributed by atoms with van der Waals surface area (Å²) in [6.07, 6.45) is 1.85. The molecule has 0 fully saturated rings. The molecule has 0 spiro atoms. The molecule has 4 rings (SSSR count). The largest absolute Gasteiger partial charge is 0.355 e. The lowest BCUT2D eigenvalue weighted by Crippen LogP contribution is -2.03. The minimum atomic E-state index is -0.189. The summed E-state index contributed by atoms with van der Waals surface area (Å²) in [6.45, 7) is 4.53. The molecule has 0 saturated carbocycles. The summed E-state index contributed by atoms with van der Waals surface area (Å²) >= 11 is 5.34. The second-order valence-electron chi connectivity index (χ2n) is 5.73. The average molecular weight is 416 g/mol. The van der Waals surface area contributed by atoms with Crippen LogP contribution in [0.25, 0.3) is 21.1 Å². The molecule has 24 heavy (non-hydrogen) atoms. The predicted octanol–water partition coefficient (Wildman–Crippen LogP) is 5.72. The molecule has 0 aliphatic rings. The zero-order chi connectivity index (χ0) is 16.7. The van der Waals surface area contributed by atoms with Crippen LogP contribution in [0.3, 0.4) is 0 Å². The molecule has 0 atom stereocenters. The topological polar surface area (TPSA) is 37.8 Å². The molecule has 2 heterocycles. The molecule has 0 aliphatic heterocycles. The van der Waals surface area contributed by atoms with Gasteiger partial charge in [0.05, 0.1) is 21.2 Å². The van der Waals surface area contributed by atoms with Crippen molar-refractivity contribution in [2.75, 3.05) is 18.6 Å². The lowest BCUT2D eigenvalue weighted by atomic mass is 10.2. The van der Waals surface area contributed by atoms with Crippen LogP contribution in [-0.2, 0) is 0 Å². The Balaban J connectivity index is 1.81. The van der Waals surface area contributed by atoms with Crippen LogP contribution >= 0.6 is 35.2 Å². The Morgan fingerprint density at radius 2 is 1.92 bits per heavy atom. The van der Waals surface area contributed by atoms with E-state index in [1.165, 1.54) is 10.0 Å². The predicted molar refractivity (Wildman–Crippen MR) is 111 cm³/mol. The van der Waals surface area contributed by atoms with Gasteiger partial charge in [-0.3, -0.25) is 4.98 Å². The van der Waals surface area contributed by atoms with Crippen molar-refractivity contribution in [3.05, 3.63) is 52.6 Å². The Morgan fingerprint density at radius 1 is 1.04 bits per heavy atom. The first kappa shape index (κ1) is 15.9. The van der Waals surface area contributed by atoms with Crippen LogP contribution in [0.5, 0.6) is 0 Å². The number of halogens is 1. The van der Waals surface area contributed by atoms with Crippen LogP contribution in [0, 0.1) is 0 Å². The maximum Gasteiger partial charge on any atom is 0.0832 e. The highest BCUT2D eigenvalue weighted by Crippen LogP contribution is 2.34. The lowest BCUT2D eigenvalue weighted by molar-refractivity contribution is 1.40. The zero-order valence-electron chi connectivity index (χ0n) is 13.2. The van der Waals surface area contributed by atoms with Gasteiger partial charge in [-0.1, -0.05) is 23.9 Å². The quantitative estimate of drug-likeness (QED) is 0.435. The molecule has 4 aromatic rings. The van der Waals surface area contributed by atoms with Gasteiger partial charge in [-0.2, -0.15) is 0 Å². The van der Waals surface area contributed by atoms with E-state index in [0.717, 1.165) is 32.3 Å². The number of hydrogen-bond donors (Lipinski definition) is 1. The third kappa shape index (κ3) is 2.92. The number of pyridine rings is 1. The van der Waals surface area contributed by atoms with Gasteiger partial charge in [0.15, 0.2) is 0 Å². The second-order valence-corrected chi connectivity index (χ2v) is 9.74. The number of benzene rings is 2. The molecular formula is C18H15BrN3PS. The molecule has 0 saturated heterocycles. The van der Waals surface area contributed by atoms with Crippen LogP contribution in [0.2, 0.25) is 0 Å². The van der Waals surface area contributed by atoms with Gasteiger partial charge in [0.2, 0.25) is 0 Å². The smallest absolute Gasteiger partial charge is 0.0832 e. The van der Waals surface area contributed by atoms with Crippen LogP contribution < -0.4 is 10.6 Å². The number of aromatic nitrogens is 2. The number of hydrogen-bond acceptors (Lipinski definition) is 4. The SMILES string of the molecule is CP(C)c1cc2c(Nc3ccc4scnc4c3)ccnc2cc1Br. The second kappa shape index (κ2) is 6.40. The molecule has 6 heteroatoms. The summed E-state index contributed by atoms with van der Waals surface area (Å²) < 4.78 is 2.34. The van der Waals surface area contributed by atoms with E-state index >= 15 is 0 Å². The summed E-state index contributed by atoms with van der Waals surface area (Å²) in [5, 5.41) is 6.03. The summed E-state index contributed by atoms with van der Waals surface area (Å²) in [7, 11) is -0.189. The van der Waals surface area contributed by atoms with Gasteiger partial charge in [0.1, 0.15) is 0 Å². The Bertz CT molecular complexity index is 1040. The van der Waals surface area contributed by atoms with Crippen molar-refractivity contribution in [3.63, 3.8) is 0 Å². The van der Waals surface area contributed by atoms with E-state index in [4.69, 9.17) is 0 Å². The van der Waals surface area contributed by atoms with Gasteiger partial charge in [0, 0.05) is 27.4 Å². The van der Waals surface area contributed by atoms with Gasteiger partial charge in [-0.15, -0.1) is 11.3 Å². The van der Waals surface area contributed by atoms with E-state index in [1.54, 1.807) is 11.3 Å². The maximum atomic E-state index is 4.51. The van der Waals surface area contributed by atoms with Gasteiger partial charge in [-0.05, 0) is 55.0 Å². The Hall–Kier alpha value is -1.55. The number of anilines is 2. The first-order valence-electron chi connectivity index (χ1n) is 7.48. The van der Waals surface area contributed by atoms with Crippen molar-refractivity contribution in [1.29, 1.82) is 0 Å². The number of thiazole rings is 1. The van der Waals surface area contributed by atoms with E-state index in [9.17, 15) is 0 Å². The summed E-state index contributed by atoms with van der Waals surface area (Å²) in [5.41, 5.74) is 6.01. The fourth-order valence-corrected chi connectivity index (χ4v) is 5.63. The van der Waals surface area contributed by atoms with Crippen LogP contribution in [-0.4, -0.2) is 23.3 Å². The first-order valence-corrected chi connectivity index (χ1v) is 11.4. The molecule has 1 N–H and O–H groups in total. The van der Waals surface area contributed by atoms with Crippen molar-refractivity contribution in [1.82, 2.24) is 9.97 Å². The maximum absolute atomic E-state index is 4.51. The van der Waals surface area contributed by atoms with Gasteiger partial charge in [-0.25, -0.2) is 4.98 Å². The van der Waals surface area contributed by atoms with Crippen LogP contribution in [0.15, 0.2) is 52.6 Å². The molecule has 0 unspecified atom stereocenters. The third-order valence-electron chi connectivity index (χ3n) is 3.90. The van der Waals surface area contributed by atoms with Gasteiger partial charge in [0.25, 0.3) is 0 Å². The number of fused-ring (bicyclic) bond motifs is 2. The van der Waals surface area contributed by atoms with Crippen LogP contribution in [0.4, 0.5) is 11.4 Å². The van der Waals surface area contributed by atoms with E-state index in [-0.39, 0.29) is 7.92 Å². The molecule has 0 bridgehead atoms. The van der Waals surface area contributed by atoms with Crippen molar-refractivity contribution in [2.24, 2.45) is 0 Å². The molecule has 0 radical (unpaired) electrons. The molecule has 0 amide bonds. The molecule has 2 aromatic carbocycles. The Kier molecular flexibility index (Phi) is 4.25. The molecule has 120 valence electrons. The summed E-state index contributed by atoms with van der Waals surface area (Å²) in [5.74, 6) is 0. The zero-order valence-corrected chi connectivity index (χ0v) is 16.5. The van der Waals surface area contributed by atoms with Crippen molar-refractivity contribution >= 4 is 73.0 Å². The average Bonchev–Trinajstić information content (AvgIpc) is 3.02. The highest BCUT2D eigenvalue weighted by atomic mass is 79.9. The summed E-state index contributed by atoms with van der Waals surface area (Å²) in [4.78, 5) is 8.91. The van der Waals surface area contributed by atoms with Gasteiger partial charge >= 0.3 is 0 Å². The molecule has 0 aliphatic carbocycles. The summed E-state index contributed by atoms with van der Waals surface area (Å²) in [6, 6.07) is 12.7. The number of nitrogens with zero attached hydrogens (tertiary/aromatic N) is 2. The first-order chi connectivity index (χ1) is 11.6. The monoisotopic (exact) mass is 415 g/mol. The van der Waals surface area contributed by atoms with E-state index in [1.807, 2.05) is 17.8 Å². The van der Waals surface area contributed by atoms with Gasteiger partial charge < -0.3 is 5.32 Å². The van der Waals surface area contributed by atoms with Crippen molar-refractivity contribution in [3.8, 4) is 0 Å². The molecular weight excluding hydrogens is 401 g/mol. The highest BCUT2D eigenvalue weighted by Gasteiger charge is 2.10. The number of nitrogens with one attached hydrogen (secondary N) is 1. The highest BCUT2D eigenvalue weighted by molar-refractivity contribution is 9.10. The van der Waals surface area contributed by atoms with Crippen molar-refractivity contribution < 1.29 is 0 Å². The Labute approximate surface area is 154 Å². The van der Waals surface area contributed by atoms with Crippen LogP contribution in [0.1, 0.15) is 0 Å². The minimum absolute atomic E-state index is 0.189. The normalized spacial score (nSPS) is 11.5. The molecule has 2 aromatic heterocycles. The fourth-order valence-electron chi connectivity index (χ4n) is 2.70. The fraction of sp³-hybridized carbons (Fsp3) is 0.111. The van der Waals surface area contributed by atoms with E-state index in [0.29, 0.717) is 0 Å². The standard InChI is InChI=1S/C18H15BrN3PS/c1-23(2)17-8-12-14(5-6-20-15(12)9-13(17)19)22-11-3-4-18-16(7-11)21-10-24-18/h3-10H,1-2H3,(H,20,22). The third-order valence-corrected chi connectivity index (χ3v) is 7.01. The number of rotatable bonds is 3. The Morgan fingerprint density at radius 3 is 2.75 bits per heavy atom. The van der Waals surface area contributed by atoms with E-state index < -0.39 is 0 Å². The lowest BCUT2D eigenvalue weighted by Gasteiger charge is -2.14. The minimum Gasteiger partial charge on any atom is -0.355 e. The molecule has 3 nitrogen and oxygen atoms in total. The van der Waals surface area contributed by atoms with Crippen molar-refractivity contribution in [2.45, 2.75) is 0 Å².